The number of nitrogens with one attached hydrogen (secondary N) is 1. The van der Waals surface area contributed by atoms with E-state index in [0.29, 0.717) is 19.0 Å². The van der Waals surface area contributed by atoms with Crippen molar-refractivity contribution in [2.45, 2.75) is 0 Å². The fourth-order valence-corrected chi connectivity index (χ4v) is 2.39. The summed E-state index contributed by atoms with van der Waals surface area (Å²) < 4.78 is 9.33. The van der Waals surface area contributed by atoms with Gasteiger partial charge in [-0.3, -0.25) is 9.97 Å². The minimum Gasteiger partial charge on any atom is -0.383 e. The molecule has 2 aromatic heterocycles. The third-order valence-corrected chi connectivity index (χ3v) is 3.41. The van der Waals surface area contributed by atoms with Gasteiger partial charge in [0.15, 0.2) is 5.82 Å². The Balaban J connectivity index is 1.83. The Kier molecular flexibility index (Phi) is 3.80. The molecular formula is C13H13N5OS. The molecule has 6 nitrogen and oxygen atoms in total. The van der Waals surface area contributed by atoms with Crippen LogP contribution in [0.3, 0.4) is 0 Å². The third kappa shape index (κ3) is 2.73. The van der Waals surface area contributed by atoms with Gasteiger partial charge >= 0.3 is 0 Å². The Labute approximate surface area is 120 Å². The molecule has 0 spiro atoms. The Hall–Kier alpha value is -2.12. The van der Waals surface area contributed by atoms with Crippen molar-refractivity contribution in [3.05, 3.63) is 30.6 Å². The number of hydrogen-bond donors (Lipinski definition) is 1. The van der Waals surface area contributed by atoms with Gasteiger partial charge in [0.2, 0.25) is 5.13 Å². The Morgan fingerprint density at radius 1 is 1.20 bits per heavy atom. The molecule has 0 radical (unpaired) electrons. The number of aromatic nitrogens is 4. The van der Waals surface area contributed by atoms with Gasteiger partial charge in [0.25, 0.3) is 0 Å². The zero-order chi connectivity index (χ0) is 13.8. The molecule has 0 atom stereocenters. The van der Waals surface area contributed by atoms with Crippen molar-refractivity contribution >= 4 is 27.7 Å². The standard InChI is InChI=1S/C13H13N5OS/c1-19-7-6-16-13-17-12(18-20-13)9-2-3-10-11(8-9)15-5-4-14-10/h2-5,8H,6-7H2,1H3,(H,16,17,18). The maximum atomic E-state index is 4.98. The van der Waals surface area contributed by atoms with Crippen LogP contribution in [0.15, 0.2) is 30.6 Å². The van der Waals surface area contributed by atoms with Crippen molar-refractivity contribution in [3.8, 4) is 11.4 Å². The van der Waals surface area contributed by atoms with Crippen molar-refractivity contribution in [3.63, 3.8) is 0 Å². The molecule has 0 saturated carbocycles. The van der Waals surface area contributed by atoms with E-state index < -0.39 is 0 Å². The van der Waals surface area contributed by atoms with Gasteiger partial charge in [-0.1, -0.05) is 0 Å². The number of fused-ring (bicyclic) bond motifs is 1. The number of methoxy groups -OCH3 is 1. The van der Waals surface area contributed by atoms with E-state index in [1.807, 2.05) is 18.2 Å². The van der Waals surface area contributed by atoms with E-state index in [9.17, 15) is 0 Å². The summed E-state index contributed by atoms with van der Waals surface area (Å²) in [6.07, 6.45) is 3.36. The molecule has 0 bridgehead atoms. The molecule has 0 saturated heterocycles. The molecule has 0 aliphatic carbocycles. The first-order valence-corrected chi connectivity index (χ1v) is 6.92. The van der Waals surface area contributed by atoms with E-state index in [0.717, 1.165) is 21.7 Å². The largest absolute Gasteiger partial charge is 0.383 e. The number of anilines is 1. The molecule has 1 aromatic carbocycles. The lowest BCUT2D eigenvalue weighted by Crippen LogP contribution is -2.06. The lowest BCUT2D eigenvalue weighted by molar-refractivity contribution is 0.211. The van der Waals surface area contributed by atoms with E-state index in [2.05, 4.69) is 24.6 Å². The summed E-state index contributed by atoms with van der Waals surface area (Å²) >= 11 is 1.34. The zero-order valence-electron chi connectivity index (χ0n) is 10.9. The van der Waals surface area contributed by atoms with Crippen molar-refractivity contribution < 1.29 is 4.74 Å². The van der Waals surface area contributed by atoms with Crippen LogP contribution in [0.4, 0.5) is 5.13 Å². The molecular weight excluding hydrogens is 274 g/mol. The molecule has 20 heavy (non-hydrogen) atoms. The summed E-state index contributed by atoms with van der Waals surface area (Å²) in [7, 11) is 1.67. The maximum absolute atomic E-state index is 4.98. The summed E-state index contributed by atoms with van der Waals surface area (Å²) in [5, 5.41) is 3.95. The van der Waals surface area contributed by atoms with Gasteiger partial charge in [-0.25, -0.2) is 0 Å². The van der Waals surface area contributed by atoms with Crippen molar-refractivity contribution in [1.29, 1.82) is 0 Å². The number of hydrogen-bond acceptors (Lipinski definition) is 7. The van der Waals surface area contributed by atoms with Crippen molar-refractivity contribution in [2.75, 3.05) is 25.6 Å². The fraction of sp³-hybridized carbons (Fsp3) is 0.231. The first-order chi connectivity index (χ1) is 9.86. The minimum atomic E-state index is 0.639. The van der Waals surface area contributed by atoms with Crippen molar-refractivity contribution in [2.24, 2.45) is 0 Å². The van der Waals surface area contributed by atoms with E-state index in [1.54, 1.807) is 19.5 Å². The highest BCUT2D eigenvalue weighted by molar-refractivity contribution is 7.09. The second-order valence-corrected chi connectivity index (χ2v) is 4.85. The minimum absolute atomic E-state index is 0.639. The van der Waals surface area contributed by atoms with Gasteiger partial charge in [0.1, 0.15) is 0 Å². The van der Waals surface area contributed by atoms with Gasteiger partial charge < -0.3 is 10.1 Å². The fourth-order valence-electron chi connectivity index (χ4n) is 1.77. The van der Waals surface area contributed by atoms with Crippen LogP contribution in [0, 0.1) is 0 Å². The highest BCUT2D eigenvalue weighted by Crippen LogP contribution is 2.23. The quantitative estimate of drug-likeness (QED) is 0.725. The molecule has 3 aromatic rings. The summed E-state index contributed by atoms with van der Waals surface area (Å²) in [6, 6.07) is 5.83. The zero-order valence-corrected chi connectivity index (χ0v) is 11.7. The number of benzene rings is 1. The van der Waals surface area contributed by atoms with Gasteiger partial charge in [-0.15, -0.1) is 0 Å². The van der Waals surface area contributed by atoms with E-state index in [-0.39, 0.29) is 0 Å². The lowest BCUT2D eigenvalue weighted by atomic mass is 10.2. The summed E-state index contributed by atoms with van der Waals surface area (Å²) in [5.41, 5.74) is 2.65. The maximum Gasteiger partial charge on any atom is 0.202 e. The average Bonchev–Trinajstić information content (AvgIpc) is 2.96. The van der Waals surface area contributed by atoms with E-state index in [4.69, 9.17) is 4.74 Å². The second-order valence-electron chi connectivity index (χ2n) is 4.10. The molecule has 0 unspecified atom stereocenters. The topological polar surface area (TPSA) is 72.8 Å². The Bertz CT molecular complexity index is 715. The molecule has 1 N–H and O–H groups in total. The molecule has 102 valence electrons. The normalized spacial score (nSPS) is 10.8. The van der Waals surface area contributed by atoms with Crippen LogP contribution in [0.5, 0.6) is 0 Å². The number of nitrogens with zero attached hydrogens (tertiary/aromatic N) is 4. The first-order valence-electron chi connectivity index (χ1n) is 6.14. The summed E-state index contributed by atoms with van der Waals surface area (Å²) in [5.74, 6) is 0.697. The molecule has 0 fully saturated rings. The van der Waals surface area contributed by atoms with Crippen LogP contribution in [-0.4, -0.2) is 39.6 Å². The average molecular weight is 287 g/mol. The molecule has 2 heterocycles. The third-order valence-electron chi connectivity index (χ3n) is 2.74. The summed E-state index contributed by atoms with van der Waals surface area (Å²) in [6.45, 7) is 1.36. The predicted molar refractivity (Wildman–Crippen MR) is 78.8 cm³/mol. The van der Waals surface area contributed by atoms with Gasteiger partial charge in [-0.05, 0) is 18.2 Å². The lowest BCUT2D eigenvalue weighted by Gasteiger charge is -2.00. The van der Waals surface area contributed by atoms with Gasteiger partial charge in [0.05, 0.1) is 17.6 Å². The summed E-state index contributed by atoms with van der Waals surface area (Å²) in [4.78, 5) is 13.0. The highest BCUT2D eigenvalue weighted by atomic mass is 32.1. The van der Waals surface area contributed by atoms with Crippen LogP contribution in [0.25, 0.3) is 22.4 Å². The monoisotopic (exact) mass is 287 g/mol. The molecule has 0 aliphatic rings. The van der Waals surface area contributed by atoms with Crippen LogP contribution < -0.4 is 5.32 Å². The smallest absolute Gasteiger partial charge is 0.202 e. The number of ether oxygens (including phenoxy) is 1. The Morgan fingerprint density at radius 2 is 2.05 bits per heavy atom. The molecule has 7 heteroatoms. The van der Waals surface area contributed by atoms with Crippen LogP contribution in [0.1, 0.15) is 0 Å². The molecule has 3 rings (SSSR count). The molecule has 0 amide bonds. The van der Waals surface area contributed by atoms with Crippen molar-refractivity contribution in [1.82, 2.24) is 19.3 Å². The van der Waals surface area contributed by atoms with E-state index >= 15 is 0 Å². The Morgan fingerprint density at radius 3 is 2.90 bits per heavy atom. The predicted octanol–water partition coefficient (Wildman–Crippen LogP) is 2.21. The highest BCUT2D eigenvalue weighted by Gasteiger charge is 2.07. The SMILES string of the molecule is COCCNc1nc(-c2ccc3nccnc3c2)ns1. The molecule has 0 aliphatic heterocycles. The van der Waals surface area contributed by atoms with Crippen LogP contribution >= 0.6 is 11.5 Å². The van der Waals surface area contributed by atoms with Gasteiger partial charge in [0, 0.05) is 43.1 Å². The second kappa shape index (κ2) is 5.89. The number of rotatable bonds is 5. The van der Waals surface area contributed by atoms with Crippen LogP contribution in [-0.2, 0) is 4.74 Å². The van der Waals surface area contributed by atoms with Crippen LogP contribution in [0.2, 0.25) is 0 Å². The van der Waals surface area contributed by atoms with E-state index in [1.165, 1.54) is 11.5 Å². The first kappa shape index (κ1) is 12.9. The van der Waals surface area contributed by atoms with Gasteiger partial charge in [-0.2, -0.15) is 9.36 Å².